The van der Waals surface area contributed by atoms with Gasteiger partial charge in [0.1, 0.15) is 12.6 Å². The van der Waals surface area contributed by atoms with Gasteiger partial charge in [0.15, 0.2) is 0 Å². The van der Waals surface area contributed by atoms with Gasteiger partial charge in [-0.2, -0.15) is 0 Å². The largest absolute Gasteiger partial charge is 0.480 e. The van der Waals surface area contributed by atoms with E-state index in [0.717, 1.165) is 22.0 Å². The molecule has 3 N–H and O–H groups in total. The minimum Gasteiger partial charge on any atom is -0.480 e. The molecular formula is C11H13N3O5. The summed E-state index contributed by atoms with van der Waals surface area (Å²) >= 11 is 0. The van der Waals surface area contributed by atoms with Crippen LogP contribution < -0.4 is 5.73 Å². The van der Waals surface area contributed by atoms with Crippen molar-refractivity contribution in [1.82, 2.24) is 9.80 Å². The van der Waals surface area contributed by atoms with Crippen LogP contribution >= 0.6 is 0 Å². The van der Waals surface area contributed by atoms with Gasteiger partial charge >= 0.3 is 5.97 Å². The lowest BCUT2D eigenvalue weighted by Crippen LogP contribution is -2.46. The summed E-state index contributed by atoms with van der Waals surface area (Å²) in [6.45, 7) is -0.403. The van der Waals surface area contributed by atoms with Gasteiger partial charge in [0.25, 0.3) is 11.8 Å². The van der Waals surface area contributed by atoms with Gasteiger partial charge in [0, 0.05) is 24.7 Å². The number of carboxylic acid groups (broad SMARTS) is 1. The molecule has 2 aliphatic heterocycles. The third kappa shape index (κ3) is 2.22. The quantitative estimate of drug-likeness (QED) is 0.564. The van der Waals surface area contributed by atoms with Gasteiger partial charge in [-0.3, -0.25) is 24.1 Å². The number of amides is 3. The van der Waals surface area contributed by atoms with Crippen molar-refractivity contribution in [3.05, 3.63) is 12.2 Å². The smallest absolute Gasteiger partial charge is 0.323 e. The Hall–Kier alpha value is -2.22. The molecule has 0 aromatic heterocycles. The first-order valence-electron chi connectivity index (χ1n) is 5.73. The number of hydrogen-bond donors (Lipinski definition) is 2. The van der Waals surface area contributed by atoms with Gasteiger partial charge in [-0.05, 0) is 6.42 Å². The van der Waals surface area contributed by atoms with Gasteiger partial charge in [-0.25, -0.2) is 0 Å². The number of carbonyl (C=O) groups is 4. The minimum absolute atomic E-state index is 0.0825. The van der Waals surface area contributed by atoms with E-state index in [1.54, 1.807) is 0 Å². The molecule has 0 bridgehead atoms. The molecule has 2 atom stereocenters. The van der Waals surface area contributed by atoms with Gasteiger partial charge in [0.2, 0.25) is 5.91 Å². The molecule has 1 saturated heterocycles. The maximum atomic E-state index is 12.1. The molecule has 0 aromatic rings. The van der Waals surface area contributed by atoms with Crippen LogP contribution in [0.4, 0.5) is 0 Å². The predicted octanol–water partition coefficient (Wildman–Crippen LogP) is -2.08. The number of nitrogens with two attached hydrogens (primary N) is 1. The molecule has 102 valence electrons. The maximum Gasteiger partial charge on any atom is 0.323 e. The minimum atomic E-state index is -1.16. The van der Waals surface area contributed by atoms with Crippen LogP contribution in [0.1, 0.15) is 6.42 Å². The third-order valence-corrected chi connectivity index (χ3v) is 3.24. The highest BCUT2D eigenvalue weighted by atomic mass is 16.4. The average Bonchev–Trinajstić information content (AvgIpc) is 2.82. The lowest BCUT2D eigenvalue weighted by atomic mass is 10.1. The summed E-state index contributed by atoms with van der Waals surface area (Å²) in [5.41, 5.74) is 5.50. The Balaban J connectivity index is 2.20. The fraction of sp³-hybridized carbons (Fsp3) is 0.455. The topological polar surface area (TPSA) is 121 Å². The van der Waals surface area contributed by atoms with Gasteiger partial charge in [0.05, 0.1) is 0 Å². The molecular weight excluding hydrogens is 254 g/mol. The van der Waals surface area contributed by atoms with E-state index >= 15 is 0 Å². The summed E-state index contributed by atoms with van der Waals surface area (Å²) in [4.78, 5) is 47.9. The monoisotopic (exact) mass is 267 g/mol. The third-order valence-electron chi connectivity index (χ3n) is 3.24. The van der Waals surface area contributed by atoms with Crippen LogP contribution in [0, 0.1) is 0 Å². The summed E-state index contributed by atoms with van der Waals surface area (Å²) in [7, 11) is 0. The Labute approximate surface area is 108 Å². The van der Waals surface area contributed by atoms with Gasteiger partial charge in [-0.15, -0.1) is 0 Å². The Morgan fingerprint density at radius 3 is 2.37 bits per heavy atom. The van der Waals surface area contributed by atoms with E-state index in [2.05, 4.69) is 0 Å². The van der Waals surface area contributed by atoms with Crippen LogP contribution in [-0.2, 0) is 19.2 Å². The number of imide groups is 1. The Kier molecular flexibility index (Phi) is 3.34. The fourth-order valence-electron chi connectivity index (χ4n) is 2.37. The molecule has 0 spiro atoms. The summed E-state index contributed by atoms with van der Waals surface area (Å²) < 4.78 is 0. The highest BCUT2D eigenvalue weighted by molar-refractivity contribution is 6.15. The molecule has 0 unspecified atom stereocenters. The van der Waals surface area contributed by atoms with Crippen LogP contribution in [0.25, 0.3) is 0 Å². The van der Waals surface area contributed by atoms with E-state index in [4.69, 9.17) is 10.8 Å². The Bertz CT molecular complexity index is 469. The number of carboxylic acids is 1. The van der Waals surface area contributed by atoms with Crippen LogP contribution in [0.3, 0.4) is 0 Å². The zero-order valence-corrected chi connectivity index (χ0v) is 9.98. The van der Waals surface area contributed by atoms with Gasteiger partial charge in [-0.1, -0.05) is 0 Å². The number of aliphatic carboxylic acids is 1. The molecule has 0 aromatic carbocycles. The molecule has 0 aliphatic carbocycles. The molecule has 3 amide bonds. The number of carbonyl (C=O) groups excluding carboxylic acids is 3. The number of nitrogens with zero attached hydrogens (tertiary/aromatic N) is 2. The van der Waals surface area contributed by atoms with Crippen molar-refractivity contribution in [2.24, 2.45) is 5.73 Å². The van der Waals surface area contributed by atoms with Crippen molar-refractivity contribution in [3.8, 4) is 0 Å². The molecule has 1 fully saturated rings. The van der Waals surface area contributed by atoms with Gasteiger partial charge < -0.3 is 15.7 Å². The van der Waals surface area contributed by atoms with E-state index in [9.17, 15) is 19.2 Å². The van der Waals surface area contributed by atoms with E-state index in [1.165, 1.54) is 0 Å². The second-order valence-electron chi connectivity index (χ2n) is 4.38. The maximum absolute atomic E-state index is 12.1. The Morgan fingerprint density at radius 2 is 1.89 bits per heavy atom. The zero-order valence-electron chi connectivity index (χ0n) is 9.98. The molecule has 8 heteroatoms. The van der Waals surface area contributed by atoms with E-state index in [-0.39, 0.29) is 13.0 Å². The second kappa shape index (κ2) is 4.81. The van der Waals surface area contributed by atoms with E-state index in [0.29, 0.717) is 0 Å². The average molecular weight is 267 g/mol. The molecule has 2 aliphatic rings. The van der Waals surface area contributed by atoms with E-state index < -0.39 is 42.3 Å². The highest BCUT2D eigenvalue weighted by Crippen LogP contribution is 2.25. The molecule has 8 nitrogen and oxygen atoms in total. The highest BCUT2D eigenvalue weighted by Gasteiger charge is 2.46. The van der Waals surface area contributed by atoms with Crippen molar-refractivity contribution in [1.29, 1.82) is 0 Å². The predicted molar refractivity (Wildman–Crippen MR) is 61.6 cm³/mol. The van der Waals surface area contributed by atoms with Crippen LogP contribution in [0.5, 0.6) is 0 Å². The second-order valence-corrected chi connectivity index (χ2v) is 4.38. The summed E-state index contributed by atoms with van der Waals surface area (Å²) in [5.74, 6) is -2.83. The summed E-state index contributed by atoms with van der Waals surface area (Å²) in [5, 5.41) is 8.77. The SMILES string of the molecule is NC[C@H]1C[C@@H](N2C(=O)C=CC2=O)C(=O)N1CC(=O)O. The van der Waals surface area contributed by atoms with Crippen molar-refractivity contribution in [3.63, 3.8) is 0 Å². The normalized spacial score (nSPS) is 26.7. The Morgan fingerprint density at radius 1 is 1.32 bits per heavy atom. The lowest BCUT2D eigenvalue weighted by Gasteiger charge is -2.22. The molecule has 19 heavy (non-hydrogen) atoms. The molecule has 2 rings (SSSR count). The van der Waals surface area contributed by atoms with Crippen LogP contribution in [0.2, 0.25) is 0 Å². The standard InChI is InChI=1S/C11H13N3O5/c12-4-6-3-7(11(19)13(6)5-10(17)18)14-8(15)1-2-9(14)16/h1-2,6-7H,3-5,12H2,(H,17,18)/t6-,7-/m1/s1. The number of likely N-dealkylation sites (tertiary alicyclic amines) is 1. The van der Waals surface area contributed by atoms with E-state index in [1.807, 2.05) is 0 Å². The van der Waals surface area contributed by atoms with Crippen molar-refractivity contribution >= 4 is 23.7 Å². The molecule has 0 saturated carbocycles. The first kappa shape index (κ1) is 13.2. The van der Waals surface area contributed by atoms with Crippen LogP contribution in [-0.4, -0.2) is 63.8 Å². The van der Waals surface area contributed by atoms with Crippen molar-refractivity contribution in [2.75, 3.05) is 13.1 Å². The first-order chi connectivity index (χ1) is 8.95. The van der Waals surface area contributed by atoms with Crippen molar-refractivity contribution in [2.45, 2.75) is 18.5 Å². The van der Waals surface area contributed by atoms with Crippen molar-refractivity contribution < 1.29 is 24.3 Å². The lowest BCUT2D eigenvalue weighted by molar-refractivity contribution is -0.148. The first-order valence-corrected chi connectivity index (χ1v) is 5.73. The summed E-state index contributed by atoms with van der Waals surface area (Å²) in [6.07, 6.45) is 2.35. The molecule has 2 heterocycles. The number of hydrogen-bond acceptors (Lipinski definition) is 5. The molecule has 0 radical (unpaired) electrons. The van der Waals surface area contributed by atoms with Crippen LogP contribution in [0.15, 0.2) is 12.2 Å². The fourth-order valence-corrected chi connectivity index (χ4v) is 2.37. The zero-order chi connectivity index (χ0) is 14.2. The number of rotatable bonds is 4. The summed E-state index contributed by atoms with van der Waals surface area (Å²) in [6, 6.07) is -1.43.